The topological polar surface area (TPSA) is 83.1 Å². The Morgan fingerprint density at radius 1 is 0.311 bits per heavy atom. The van der Waals surface area contributed by atoms with E-state index in [2.05, 4.69) is 248 Å². The monoisotopic (exact) mass is 1020 g/mol. The first-order valence-electron chi connectivity index (χ1n) is 26.1. The summed E-state index contributed by atoms with van der Waals surface area (Å²) in [5, 5.41) is 0.460. The van der Waals surface area contributed by atoms with Gasteiger partial charge in [0.25, 0.3) is 0 Å². The van der Waals surface area contributed by atoms with Crippen molar-refractivity contribution in [3.8, 4) is 44.5 Å². The number of hydrogen-bond acceptors (Lipinski definition) is 4. The van der Waals surface area contributed by atoms with Crippen LogP contribution in [0.2, 0.25) is 10.3 Å². The molecule has 8 bridgehead atoms. The summed E-state index contributed by atoms with van der Waals surface area (Å²) in [5.74, 6) is 0. The van der Waals surface area contributed by atoms with Gasteiger partial charge in [0.05, 0.1) is 28.3 Å². The van der Waals surface area contributed by atoms with Crippen LogP contribution < -0.4 is 0 Å². The molecule has 9 rings (SSSR count). The Morgan fingerprint density at radius 3 is 0.784 bits per heavy atom. The number of halogens is 2. The van der Waals surface area contributed by atoms with Gasteiger partial charge in [-0.15, -0.1) is 0 Å². The van der Waals surface area contributed by atoms with Crippen LogP contribution in [-0.4, -0.2) is 29.9 Å². The van der Waals surface area contributed by atoms with Crippen LogP contribution in [0.25, 0.3) is 90.9 Å². The van der Waals surface area contributed by atoms with E-state index in [1.54, 1.807) is 0 Å². The molecule has 6 nitrogen and oxygen atoms in total. The van der Waals surface area contributed by atoms with E-state index < -0.39 is 0 Å². The van der Waals surface area contributed by atoms with E-state index in [-0.39, 0.29) is 42.8 Å². The van der Waals surface area contributed by atoms with Crippen LogP contribution >= 0.6 is 23.2 Å². The zero-order valence-electron chi connectivity index (χ0n) is 46.9. The molecular formula is C66H74Cl2N6. The Kier molecular flexibility index (Phi) is 13.1. The van der Waals surface area contributed by atoms with Crippen LogP contribution in [0.15, 0.2) is 85.2 Å². The molecule has 0 aliphatic carbocycles. The lowest BCUT2D eigenvalue weighted by Crippen LogP contribution is -2.16. The fourth-order valence-corrected chi connectivity index (χ4v) is 10.3. The summed E-state index contributed by atoms with van der Waals surface area (Å²) < 4.78 is 0. The second-order valence-electron chi connectivity index (χ2n) is 26.7. The van der Waals surface area contributed by atoms with Crippen molar-refractivity contribution in [2.24, 2.45) is 0 Å². The quantitative estimate of drug-likeness (QED) is 0.172. The second-order valence-corrected chi connectivity index (χ2v) is 27.4. The Balaban J connectivity index is 1.54. The van der Waals surface area contributed by atoms with Crippen LogP contribution in [0.5, 0.6) is 0 Å². The fourth-order valence-electron chi connectivity index (χ4n) is 9.84. The van der Waals surface area contributed by atoms with Gasteiger partial charge in [0.15, 0.2) is 0 Å². The van der Waals surface area contributed by atoms with Gasteiger partial charge in [-0.3, -0.25) is 0 Å². The molecule has 0 radical (unpaired) electrons. The lowest BCUT2D eigenvalue weighted by atomic mass is 9.78. The van der Waals surface area contributed by atoms with E-state index in [4.69, 9.17) is 33.2 Å². The van der Waals surface area contributed by atoms with Crippen molar-refractivity contribution in [1.82, 2.24) is 29.9 Å². The van der Waals surface area contributed by atoms with Crippen molar-refractivity contribution >= 4 is 69.6 Å². The lowest BCUT2D eigenvalue weighted by Gasteiger charge is -2.26. The molecule has 382 valence electrons. The van der Waals surface area contributed by atoms with Gasteiger partial charge in [0.1, 0.15) is 16.6 Å². The largest absolute Gasteiger partial charge is 0.354 e. The number of hydrogen-bond donors (Lipinski definition) is 2. The average Bonchev–Trinajstić information content (AvgIpc) is 4.13. The third-order valence-corrected chi connectivity index (χ3v) is 15.2. The van der Waals surface area contributed by atoms with Gasteiger partial charge >= 0.3 is 0 Å². The fraction of sp³-hybridized carbons (Fsp3) is 0.364. The molecule has 2 aliphatic rings. The van der Waals surface area contributed by atoms with Crippen molar-refractivity contribution in [3.63, 3.8) is 0 Å². The van der Waals surface area contributed by atoms with Crippen molar-refractivity contribution in [2.75, 3.05) is 0 Å². The molecule has 0 amide bonds. The minimum Gasteiger partial charge on any atom is -0.354 e. The molecule has 0 atom stereocenters. The Hall–Kier alpha value is -6.08. The summed E-state index contributed by atoms with van der Waals surface area (Å²) in [6.07, 6.45) is 9.95. The zero-order valence-corrected chi connectivity index (χ0v) is 48.4. The molecule has 0 saturated heterocycles. The highest BCUT2D eigenvalue weighted by Crippen LogP contribution is 2.45. The summed E-state index contributed by atoms with van der Waals surface area (Å²) in [7, 11) is 0. The summed E-state index contributed by atoms with van der Waals surface area (Å²) in [6, 6.07) is 29.9. The SMILES string of the molecule is CC(C)(C)c1cc(-c2c3nc(c(-c4cc(C(C)(C)C)cc(C(C)(C)C)c4)c4ccc([nH]4)c(-c4c(Cl)ncnc4Cl)c4nc(c(-c5cc(C(C)(C)C)cc(C(C)(C)C)c5)c5ccc2[nH]5)C=C4)C=C3)cc(C(C)(C)C)c1. The van der Waals surface area contributed by atoms with E-state index >= 15 is 0 Å². The predicted molar refractivity (Wildman–Crippen MR) is 318 cm³/mol. The molecular weight excluding hydrogens is 948 g/mol. The maximum absolute atomic E-state index is 7.09. The lowest BCUT2D eigenvalue weighted by molar-refractivity contribution is 0.568. The third kappa shape index (κ3) is 10.3. The molecule has 0 fully saturated rings. The molecule has 0 spiro atoms. The van der Waals surface area contributed by atoms with Gasteiger partial charge in [-0.2, -0.15) is 0 Å². The highest BCUT2D eigenvalue weighted by Gasteiger charge is 2.28. The molecule has 4 aromatic heterocycles. The molecule has 3 aromatic carbocycles. The highest BCUT2D eigenvalue weighted by atomic mass is 35.5. The standard InChI is InChI=1S/C66H74Cl2N6/c1-61(2,3)40-27-37(28-41(33-40)62(4,5)6)54-46-19-21-48(71-46)55(38-29-42(63(7,8)9)34-43(30-38)64(10,11)12)50-23-25-52(73-50)57(58-59(67)69-36-70-60(58)68)53-26-24-51(74-53)56(49-22-20-47(54)72-49)39-31-44(65(13,14)15)35-45(32-39)66(16,17)18/h19-36,71,74H,1-18H3. The van der Waals surface area contributed by atoms with Gasteiger partial charge in [-0.25, -0.2) is 19.9 Å². The first-order chi connectivity index (χ1) is 34.3. The second kappa shape index (κ2) is 18.3. The van der Waals surface area contributed by atoms with Crippen molar-refractivity contribution < 1.29 is 0 Å². The van der Waals surface area contributed by atoms with Gasteiger partial charge in [0, 0.05) is 44.3 Å². The number of fused-ring (bicyclic) bond motifs is 8. The van der Waals surface area contributed by atoms with E-state index in [9.17, 15) is 0 Å². The van der Waals surface area contributed by atoms with Crippen molar-refractivity contribution in [2.45, 2.75) is 157 Å². The van der Waals surface area contributed by atoms with Crippen LogP contribution in [0.4, 0.5) is 0 Å². The van der Waals surface area contributed by atoms with Crippen LogP contribution in [-0.2, 0) is 32.5 Å². The van der Waals surface area contributed by atoms with Crippen molar-refractivity contribution in [1.29, 1.82) is 0 Å². The van der Waals surface area contributed by atoms with E-state index in [0.717, 1.165) is 72.5 Å². The Labute approximate surface area is 450 Å². The predicted octanol–water partition coefficient (Wildman–Crippen LogP) is 19.2. The molecule has 2 N–H and O–H groups in total. The van der Waals surface area contributed by atoms with Crippen LogP contribution in [0, 0.1) is 0 Å². The number of benzene rings is 3. The highest BCUT2D eigenvalue weighted by molar-refractivity contribution is 6.38. The molecule has 7 aromatic rings. The first-order valence-corrected chi connectivity index (χ1v) is 26.8. The minimum atomic E-state index is -0.128. The van der Waals surface area contributed by atoms with Gasteiger partial charge in [0.2, 0.25) is 0 Å². The molecule has 8 heteroatoms. The summed E-state index contributed by atoms with van der Waals surface area (Å²) in [5.41, 5.74) is 20.8. The van der Waals surface area contributed by atoms with Gasteiger partial charge in [-0.1, -0.05) is 202 Å². The average molecular weight is 1020 g/mol. The summed E-state index contributed by atoms with van der Waals surface area (Å²) in [6.45, 7) is 41.2. The number of aromatic amines is 2. The molecule has 6 heterocycles. The number of aromatic nitrogens is 6. The minimum absolute atomic E-state index is 0.114. The first kappa shape index (κ1) is 52.8. The maximum Gasteiger partial charge on any atom is 0.141 e. The third-order valence-electron chi connectivity index (χ3n) is 14.6. The Bertz CT molecular complexity index is 3440. The Morgan fingerprint density at radius 2 is 0.541 bits per heavy atom. The summed E-state index contributed by atoms with van der Waals surface area (Å²) in [4.78, 5) is 28.2. The number of H-pyrrole nitrogens is 2. The van der Waals surface area contributed by atoms with E-state index in [1.807, 2.05) is 0 Å². The van der Waals surface area contributed by atoms with E-state index in [1.165, 1.54) is 39.7 Å². The maximum atomic E-state index is 7.09. The van der Waals surface area contributed by atoms with Gasteiger partial charge in [-0.05, 0) is 131 Å². The van der Waals surface area contributed by atoms with E-state index in [0.29, 0.717) is 16.8 Å². The molecule has 74 heavy (non-hydrogen) atoms. The smallest absolute Gasteiger partial charge is 0.141 e. The zero-order chi connectivity index (χ0) is 53.8. The van der Waals surface area contributed by atoms with Gasteiger partial charge < -0.3 is 9.97 Å². The van der Waals surface area contributed by atoms with Crippen LogP contribution in [0.3, 0.4) is 0 Å². The number of nitrogens with zero attached hydrogens (tertiary/aromatic N) is 4. The number of nitrogens with one attached hydrogen (secondary N) is 2. The van der Waals surface area contributed by atoms with Crippen LogP contribution in [0.1, 0.15) is 181 Å². The summed E-state index contributed by atoms with van der Waals surface area (Å²) >= 11 is 14.2. The number of rotatable bonds is 4. The van der Waals surface area contributed by atoms with Crippen molar-refractivity contribution in [3.05, 3.63) is 152 Å². The molecule has 0 saturated carbocycles. The molecule has 2 aliphatic heterocycles. The molecule has 0 unspecified atom stereocenters. The normalized spacial score (nSPS) is 13.6.